The normalized spacial score (nSPS) is 15.3. The number of Topliss-reactive ketones (excluding diaryl/α,β-unsaturated/α-hetero) is 1. The Hall–Kier alpha value is -2.67. The molecule has 0 aromatic heterocycles. The molecule has 1 N–H and O–H groups in total. The van der Waals surface area contributed by atoms with Crippen molar-refractivity contribution in [2.75, 3.05) is 18.4 Å². The predicted molar refractivity (Wildman–Crippen MR) is 108 cm³/mol. The number of carbonyl (C=O) groups is 2. The summed E-state index contributed by atoms with van der Waals surface area (Å²) >= 11 is 0. The number of hydrogen-bond donors (Lipinski definition) is 1. The summed E-state index contributed by atoms with van der Waals surface area (Å²) in [5, 5.41) is 2.32. The van der Waals surface area contributed by atoms with Gasteiger partial charge in [-0.15, -0.1) is 0 Å². The standard InChI is InChI=1S/C21H24N2O4S/c1-15-3-9-19(10-4-15)28(26,27)20-11-13-23(14-12-20)21(25)22-18-7-5-17(6-8-18)16(2)24/h3-10,20H,11-14H2,1-2H3,(H,22,25). The first-order chi connectivity index (χ1) is 13.3. The molecule has 1 fully saturated rings. The maximum absolute atomic E-state index is 12.8. The van der Waals surface area contributed by atoms with Crippen molar-refractivity contribution in [3.63, 3.8) is 0 Å². The van der Waals surface area contributed by atoms with Gasteiger partial charge in [-0.05, 0) is 63.1 Å². The Bertz CT molecular complexity index is 958. The van der Waals surface area contributed by atoms with Crippen LogP contribution in [0.1, 0.15) is 35.7 Å². The molecular weight excluding hydrogens is 376 g/mol. The second-order valence-electron chi connectivity index (χ2n) is 7.11. The number of nitrogens with zero attached hydrogens (tertiary/aromatic N) is 1. The van der Waals surface area contributed by atoms with Crippen LogP contribution in [0.4, 0.5) is 10.5 Å². The van der Waals surface area contributed by atoms with Gasteiger partial charge in [0.05, 0.1) is 10.1 Å². The Morgan fingerprint density at radius 1 is 0.964 bits per heavy atom. The van der Waals surface area contributed by atoms with E-state index in [2.05, 4.69) is 5.32 Å². The van der Waals surface area contributed by atoms with Crippen LogP contribution in [-0.2, 0) is 9.84 Å². The number of nitrogens with one attached hydrogen (secondary N) is 1. The van der Waals surface area contributed by atoms with Crippen LogP contribution in [-0.4, -0.2) is 43.5 Å². The van der Waals surface area contributed by atoms with Crippen LogP contribution in [0.2, 0.25) is 0 Å². The molecule has 2 aromatic rings. The minimum atomic E-state index is -3.39. The number of likely N-dealkylation sites (tertiary alicyclic amines) is 1. The number of urea groups is 1. The lowest BCUT2D eigenvalue weighted by Crippen LogP contribution is -2.44. The van der Waals surface area contributed by atoms with Crippen LogP contribution in [0.15, 0.2) is 53.4 Å². The lowest BCUT2D eigenvalue weighted by Gasteiger charge is -2.31. The Labute approximate surface area is 165 Å². The van der Waals surface area contributed by atoms with Crippen molar-refractivity contribution in [2.45, 2.75) is 36.8 Å². The van der Waals surface area contributed by atoms with Crippen molar-refractivity contribution in [1.82, 2.24) is 4.90 Å². The molecule has 0 saturated carbocycles. The molecule has 1 heterocycles. The first kappa shape index (κ1) is 20.1. The number of benzene rings is 2. The zero-order chi connectivity index (χ0) is 20.3. The van der Waals surface area contributed by atoms with Gasteiger partial charge >= 0.3 is 6.03 Å². The van der Waals surface area contributed by atoms with E-state index in [1.54, 1.807) is 53.4 Å². The molecule has 1 aliphatic heterocycles. The summed E-state index contributed by atoms with van der Waals surface area (Å²) in [5.74, 6) is -0.0327. The van der Waals surface area contributed by atoms with Gasteiger partial charge in [0.25, 0.3) is 0 Å². The zero-order valence-electron chi connectivity index (χ0n) is 16.0. The number of carbonyl (C=O) groups excluding carboxylic acids is 2. The van der Waals surface area contributed by atoms with Gasteiger partial charge in [-0.3, -0.25) is 4.79 Å². The highest BCUT2D eigenvalue weighted by Crippen LogP contribution is 2.25. The van der Waals surface area contributed by atoms with Gasteiger partial charge in [-0.2, -0.15) is 0 Å². The summed E-state index contributed by atoms with van der Waals surface area (Å²) in [7, 11) is -3.39. The number of amides is 2. The third kappa shape index (κ3) is 4.42. The van der Waals surface area contributed by atoms with Crippen LogP contribution < -0.4 is 5.32 Å². The van der Waals surface area contributed by atoms with E-state index in [9.17, 15) is 18.0 Å². The monoisotopic (exact) mass is 400 g/mol. The minimum absolute atomic E-state index is 0.0327. The molecule has 0 atom stereocenters. The van der Waals surface area contributed by atoms with Gasteiger partial charge in [-0.25, -0.2) is 13.2 Å². The van der Waals surface area contributed by atoms with Crippen LogP contribution in [0.25, 0.3) is 0 Å². The first-order valence-electron chi connectivity index (χ1n) is 9.25. The number of rotatable bonds is 4. The maximum atomic E-state index is 12.8. The molecule has 1 aliphatic rings. The Balaban J connectivity index is 1.59. The average Bonchev–Trinajstić information content (AvgIpc) is 2.69. The summed E-state index contributed by atoms with van der Waals surface area (Å²) in [6.45, 7) is 4.17. The second kappa shape index (κ2) is 8.14. The number of ketones is 1. The molecule has 0 bridgehead atoms. The third-order valence-corrected chi connectivity index (χ3v) is 7.34. The summed E-state index contributed by atoms with van der Waals surface area (Å²) in [6, 6.07) is 13.3. The summed E-state index contributed by atoms with van der Waals surface area (Å²) in [4.78, 5) is 25.7. The van der Waals surface area contributed by atoms with Crippen molar-refractivity contribution < 1.29 is 18.0 Å². The quantitative estimate of drug-likeness (QED) is 0.794. The highest BCUT2D eigenvalue weighted by molar-refractivity contribution is 7.92. The lowest BCUT2D eigenvalue weighted by atomic mass is 10.1. The number of sulfone groups is 1. The van der Waals surface area contributed by atoms with Gasteiger partial charge in [0.2, 0.25) is 0 Å². The van der Waals surface area contributed by atoms with Crippen molar-refractivity contribution in [2.24, 2.45) is 0 Å². The third-order valence-electron chi connectivity index (χ3n) is 5.06. The van der Waals surface area contributed by atoms with Gasteiger partial charge < -0.3 is 10.2 Å². The van der Waals surface area contributed by atoms with E-state index in [0.29, 0.717) is 42.1 Å². The van der Waals surface area contributed by atoms with E-state index in [1.165, 1.54) is 6.92 Å². The van der Waals surface area contributed by atoms with Crippen molar-refractivity contribution in [1.29, 1.82) is 0 Å². The van der Waals surface area contributed by atoms with Gasteiger partial charge in [-0.1, -0.05) is 17.7 Å². The molecule has 0 spiro atoms. The summed E-state index contributed by atoms with van der Waals surface area (Å²) in [5.41, 5.74) is 2.20. The van der Waals surface area contributed by atoms with Crippen molar-refractivity contribution >= 4 is 27.3 Å². The minimum Gasteiger partial charge on any atom is -0.324 e. The van der Waals surface area contributed by atoms with Gasteiger partial charge in [0.1, 0.15) is 0 Å². The molecule has 0 radical (unpaired) electrons. The molecule has 6 nitrogen and oxygen atoms in total. The first-order valence-corrected chi connectivity index (χ1v) is 10.8. The number of anilines is 1. The van der Waals surface area contributed by atoms with E-state index >= 15 is 0 Å². The van der Waals surface area contributed by atoms with Crippen LogP contribution in [0, 0.1) is 6.92 Å². The van der Waals surface area contributed by atoms with E-state index in [1.807, 2.05) is 6.92 Å². The Morgan fingerprint density at radius 2 is 1.54 bits per heavy atom. The topological polar surface area (TPSA) is 83.6 Å². The van der Waals surface area contributed by atoms with Crippen LogP contribution in [0.3, 0.4) is 0 Å². The van der Waals surface area contributed by atoms with E-state index < -0.39 is 15.1 Å². The van der Waals surface area contributed by atoms with Crippen LogP contribution >= 0.6 is 0 Å². The average molecular weight is 401 g/mol. The van der Waals surface area contributed by atoms with Gasteiger partial charge in [0, 0.05) is 24.3 Å². The van der Waals surface area contributed by atoms with Crippen molar-refractivity contribution in [3.8, 4) is 0 Å². The number of aryl methyl sites for hydroxylation is 1. The summed E-state index contributed by atoms with van der Waals surface area (Å²) in [6.07, 6.45) is 0.819. The molecule has 148 valence electrons. The molecule has 0 unspecified atom stereocenters. The maximum Gasteiger partial charge on any atom is 0.321 e. The lowest BCUT2D eigenvalue weighted by molar-refractivity contribution is 0.101. The SMILES string of the molecule is CC(=O)c1ccc(NC(=O)N2CCC(S(=O)(=O)c3ccc(C)cc3)CC2)cc1. The highest BCUT2D eigenvalue weighted by Gasteiger charge is 2.32. The molecule has 28 heavy (non-hydrogen) atoms. The molecule has 1 saturated heterocycles. The molecule has 3 rings (SSSR count). The van der Waals surface area contributed by atoms with Gasteiger partial charge in [0.15, 0.2) is 15.6 Å². The Morgan fingerprint density at radius 3 is 2.07 bits per heavy atom. The summed E-state index contributed by atoms with van der Waals surface area (Å²) < 4.78 is 25.6. The van der Waals surface area contributed by atoms with E-state index in [-0.39, 0.29) is 11.8 Å². The molecule has 0 aliphatic carbocycles. The fourth-order valence-corrected chi connectivity index (χ4v) is 5.01. The van der Waals surface area contributed by atoms with Crippen LogP contribution in [0.5, 0.6) is 0 Å². The fourth-order valence-electron chi connectivity index (χ4n) is 3.28. The molecular formula is C21H24N2O4S. The molecule has 2 amide bonds. The largest absolute Gasteiger partial charge is 0.324 e. The molecule has 2 aromatic carbocycles. The highest BCUT2D eigenvalue weighted by atomic mass is 32.2. The predicted octanol–water partition coefficient (Wildman–Crippen LogP) is 3.67. The second-order valence-corrected chi connectivity index (χ2v) is 9.34. The van der Waals surface area contributed by atoms with Crippen molar-refractivity contribution in [3.05, 3.63) is 59.7 Å². The fraction of sp³-hybridized carbons (Fsp3) is 0.333. The smallest absolute Gasteiger partial charge is 0.321 e. The zero-order valence-corrected chi connectivity index (χ0v) is 16.8. The molecule has 7 heteroatoms. The van der Waals surface area contributed by atoms with E-state index in [4.69, 9.17) is 0 Å². The Kier molecular flexibility index (Phi) is 5.84. The number of hydrogen-bond acceptors (Lipinski definition) is 4. The number of piperidine rings is 1. The van der Waals surface area contributed by atoms with E-state index in [0.717, 1.165) is 5.56 Å².